The molecule has 0 atom stereocenters. The molecule has 0 amide bonds. The van der Waals surface area contributed by atoms with E-state index < -0.39 is 0 Å². The monoisotopic (exact) mass is 240 g/mol. The summed E-state index contributed by atoms with van der Waals surface area (Å²) in [4.78, 5) is 5.17. The molecule has 1 N–H and O–H groups in total. The van der Waals surface area contributed by atoms with Crippen LogP contribution in [0.5, 0.6) is 0 Å². The van der Waals surface area contributed by atoms with Gasteiger partial charge in [-0.25, -0.2) is 0 Å². The van der Waals surface area contributed by atoms with Crippen molar-refractivity contribution in [2.75, 3.05) is 20.6 Å². The lowest BCUT2D eigenvalue weighted by molar-refractivity contribution is 0.190. The van der Waals surface area contributed by atoms with E-state index >= 15 is 0 Å². The molecule has 0 aliphatic carbocycles. The van der Waals surface area contributed by atoms with Crippen LogP contribution in [0.25, 0.3) is 0 Å². The van der Waals surface area contributed by atoms with Crippen LogP contribution in [-0.2, 0) is 13.0 Å². The second kappa shape index (κ2) is 5.80. The fourth-order valence-electron chi connectivity index (χ4n) is 1.36. The van der Waals surface area contributed by atoms with E-state index in [0.29, 0.717) is 0 Å². The van der Waals surface area contributed by atoms with Crippen molar-refractivity contribution in [1.29, 1.82) is 0 Å². The lowest BCUT2D eigenvalue weighted by atomic mass is 10.0. The highest BCUT2D eigenvalue weighted by Crippen LogP contribution is 2.17. The topological polar surface area (TPSA) is 15.3 Å². The van der Waals surface area contributed by atoms with Crippen molar-refractivity contribution in [2.24, 2.45) is 0 Å². The van der Waals surface area contributed by atoms with Gasteiger partial charge in [-0.15, -0.1) is 11.3 Å². The molecule has 0 saturated carbocycles. The van der Waals surface area contributed by atoms with Crippen LogP contribution in [0.15, 0.2) is 12.1 Å². The molecule has 3 heteroatoms. The van der Waals surface area contributed by atoms with E-state index in [9.17, 15) is 0 Å². The summed E-state index contributed by atoms with van der Waals surface area (Å²) in [7, 11) is 4.25. The molecule has 0 aliphatic heterocycles. The molecule has 0 aromatic carbocycles. The number of hydrogen-bond donors (Lipinski definition) is 1. The summed E-state index contributed by atoms with van der Waals surface area (Å²) in [6, 6.07) is 4.47. The third-order valence-corrected chi connectivity index (χ3v) is 4.36. The smallest absolute Gasteiger partial charge is 0.0300 e. The zero-order valence-electron chi connectivity index (χ0n) is 11.1. The molecule has 1 heterocycles. The number of nitrogens with one attached hydrogen (secondary N) is 1. The average Bonchev–Trinajstić information content (AvgIpc) is 2.65. The van der Waals surface area contributed by atoms with Gasteiger partial charge in [0, 0.05) is 28.4 Å². The highest BCUT2D eigenvalue weighted by atomic mass is 32.1. The van der Waals surface area contributed by atoms with Crippen molar-refractivity contribution < 1.29 is 0 Å². The number of likely N-dealkylation sites (N-methyl/N-ethyl adjacent to an activating group) is 1. The van der Waals surface area contributed by atoms with Gasteiger partial charge in [-0.05, 0) is 46.5 Å². The van der Waals surface area contributed by atoms with Crippen LogP contribution >= 0.6 is 11.3 Å². The summed E-state index contributed by atoms with van der Waals surface area (Å²) in [6.07, 6.45) is 1.15. The molecule has 0 saturated heterocycles. The SMILES string of the molecule is CCc1ccc(CNCC(C)(C)N(C)C)s1. The van der Waals surface area contributed by atoms with Gasteiger partial charge in [-0.1, -0.05) is 6.92 Å². The number of nitrogens with zero attached hydrogens (tertiary/aromatic N) is 1. The second-order valence-corrected chi connectivity index (χ2v) is 6.28. The Hall–Kier alpha value is -0.380. The van der Waals surface area contributed by atoms with E-state index in [1.807, 2.05) is 11.3 Å². The van der Waals surface area contributed by atoms with Gasteiger partial charge in [0.05, 0.1) is 0 Å². The molecule has 1 aromatic rings. The number of aryl methyl sites for hydroxylation is 1. The molecule has 92 valence electrons. The fraction of sp³-hybridized carbons (Fsp3) is 0.692. The molecule has 0 unspecified atom stereocenters. The van der Waals surface area contributed by atoms with Gasteiger partial charge < -0.3 is 10.2 Å². The Morgan fingerprint density at radius 1 is 1.25 bits per heavy atom. The van der Waals surface area contributed by atoms with Gasteiger partial charge in [0.1, 0.15) is 0 Å². The molecule has 0 bridgehead atoms. The Balaban J connectivity index is 2.35. The predicted octanol–water partition coefficient (Wildman–Crippen LogP) is 2.74. The normalized spacial score (nSPS) is 12.4. The fourth-order valence-corrected chi connectivity index (χ4v) is 2.28. The highest BCUT2D eigenvalue weighted by molar-refractivity contribution is 7.11. The first-order valence-corrected chi connectivity index (χ1v) is 6.73. The summed E-state index contributed by atoms with van der Waals surface area (Å²) < 4.78 is 0. The summed E-state index contributed by atoms with van der Waals surface area (Å²) >= 11 is 1.92. The number of hydrogen-bond acceptors (Lipinski definition) is 3. The van der Waals surface area contributed by atoms with E-state index in [1.165, 1.54) is 9.75 Å². The highest BCUT2D eigenvalue weighted by Gasteiger charge is 2.19. The molecular weight excluding hydrogens is 216 g/mol. The van der Waals surface area contributed by atoms with Gasteiger partial charge in [0.2, 0.25) is 0 Å². The maximum absolute atomic E-state index is 3.53. The van der Waals surface area contributed by atoms with Crippen molar-refractivity contribution >= 4 is 11.3 Å². The van der Waals surface area contributed by atoms with Crippen molar-refractivity contribution in [3.8, 4) is 0 Å². The molecule has 0 aliphatic rings. The molecule has 1 aromatic heterocycles. The predicted molar refractivity (Wildman–Crippen MR) is 73.2 cm³/mol. The largest absolute Gasteiger partial charge is 0.310 e. The Bertz CT molecular complexity index is 315. The lowest BCUT2D eigenvalue weighted by Crippen LogP contribution is -2.46. The van der Waals surface area contributed by atoms with Crippen LogP contribution < -0.4 is 5.32 Å². The maximum Gasteiger partial charge on any atom is 0.0300 e. The first-order chi connectivity index (χ1) is 7.45. The standard InChI is InChI=1S/C13H24N2S/c1-6-11-7-8-12(16-11)9-14-10-13(2,3)15(4)5/h7-8,14H,6,9-10H2,1-5H3. The molecule has 2 nitrogen and oxygen atoms in total. The Morgan fingerprint density at radius 3 is 2.38 bits per heavy atom. The summed E-state index contributed by atoms with van der Waals surface area (Å²) in [6.45, 7) is 8.72. The van der Waals surface area contributed by atoms with Crippen LogP contribution in [0.2, 0.25) is 0 Å². The minimum atomic E-state index is 0.213. The van der Waals surface area contributed by atoms with E-state index in [-0.39, 0.29) is 5.54 Å². The van der Waals surface area contributed by atoms with Crippen LogP contribution in [0.1, 0.15) is 30.5 Å². The van der Waals surface area contributed by atoms with Crippen LogP contribution in [0, 0.1) is 0 Å². The summed E-state index contributed by atoms with van der Waals surface area (Å²) in [5.74, 6) is 0. The van der Waals surface area contributed by atoms with Crippen LogP contribution in [0.4, 0.5) is 0 Å². The van der Waals surface area contributed by atoms with Gasteiger partial charge in [0.15, 0.2) is 0 Å². The van der Waals surface area contributed by atoms with Gasteiger partial charge in [-0.2, -0.15) is 0 Å². The van der Waals surface area contributed by atoms with E-state index in [4.69, 9.17) is 0 Å². The van der Waals surface area contributed by atoms with Crippen molar-refractivity contribution in [3.05, 3.63) is 21.9 Å². The first kappa shape index (κ1) is 13.7. The van der Waals surface area contributed by atoms with Gasteiger partial charge >= 0.3 is 0 Å². The average molecular weight is 240 g/mol. The van der Waals surface area contributed by atoms with Gasteiger partial charge in [0.25, 0.3) is 0 Å². The lowest BCUT2D eigenvalue weighted by Gasteiger charge is -2.32. The zero-order chi connectivity index (χ0) is 12.2. The van der Waals surface area contributed by atoms with Gasteiger partial charge in [-0.3, -0.25) is 0 Å². The number of rotatable bonds is 6. The molecule has 1 rings (SSSR count). The zero-order valence-corrected chi connectivity index (χ0v) is 11.9. The quantitative estimate of drug-likeness (QED) is 0.822. The van der Waals surface area contributed by atoms with E-state index in [2.05, 4.69) is 57.2 Å². The van der Waals surface area contributed by atoms with E-state index in [1.54, 1.807) is 0 Å². The molecule has 0 fully saturated rings. The molecular formula is C13H24N2S. The summed E-state index contributed by atoms with van der Waals surface area (Å²) in [5, 5.41) is 3.53. The Morgan fingerprint density at radius 2 is 1.88 bits per heavy atom. The minimum absolute atomic E-state index is 0.213. The molecule has 0 spiro atoms. The van der Waals surface area contributed by atoms with Crippen molar-refractivity contribution in [1.82, 2.24) is 10.2 Å². The molecule has 16 heavy (non-hydrogen) atoms. The third-order valence-electron chi connectivity index (χ3n) is 3.13. The summed E-state index contributed by atoms with van der Waals surface area (Å²) in [5.41, 5.74) is 0.213. The van der Waals surface area contributed by atoms with Crippen molar-refractivity contribution in [3.63, 3.8) is 0 Å². The molecule has 0 radical (unpaired) electrons. The van der Waals surface area contributed by atoms with Crippen LogP contribution in [0.3, 0.4) is 0 Å². The third kappa shape index (κ3) is 3.89. The van der Waals surface area contributed by atoms with Crippen LogP contribution in [-0.4, -0.2) is 31.1 Å². The second-order valence-electron chi connectivity index (χ2n) is 5.03. The Kier molecular flexibility index (Phi) is 4.96. The first-order valence-electron chi connectivity index (χ1n) is 5.91. The maximum atomic E-state index is 3.53. The minimum Gasteiger partial charge on any atom is -0.310 e. The number of thiophene rings is 1. The Labute approximate surface area is 104 Å². The van der Waals surface area contributed by atoms with Crippen molar-refractivity contribution in [2.45, 2.75) is 39.3 Å². The van der Waals surface area contributed by atoms with E-state index in [0.717, 1.165) is 19.5 Å².